The van der Waals surface area contributed by atoms with Gasteiger partial charge in [-0.1, -0.05) is 24.3 Å². The van der Waals surface area contributed by atoms with Crippen molar-refractivity contribution in [2.45, 2.75) is 25.8 Å². The van der Waals surface area contributed by atoms with Crippen molar-refractivity contribution in [1.29, 1.82) is 0 Å². The molecule has 1 aromatic heterocycles. The zero-order valence-electron chi connectivity index (χ0n) is 14.1. The number of halogens is 1. The number of carbonyl (C=O) groups excluding carboxylic acids is 1. The maximum absolute atomic E-state index is 13.0. The molecule has 1 fully saturated rings. The summed E-state index contributed by atoms with van der Waals surface area (Å²) < 4.78 is 13.0. The molecule has 25 heavy (non-hydrogen) atoms. The fraction of sp³-hybridized carbons (Fsp3) is 0.421. The van der Waals surface area contributed by atoms with Crippen molar-refractivity contribution < 1.29 is 9.18 Å². The lowest BCUT2D eigenvalue weighted by Crippen LogP contribution is -2.46. The fourth-order valence-corrected chi connectivity index (χ4v) is 3.77. The van der Waals surface area contributed by atoms with E-state index < -0.39 is 5.82 Å². The molecular weight excluding hydrogens is 319 g/mol. The second-order valence-electron chi connectivity index (χ2n) is 6.76. The van der Waals surface area contributed by atoms with Crippen LogP contribution < -0.4 is 4.90 Å². The lowest BCUT2D eigenvalue weighted by atomic mass is 9.94. The number of fused-ring (bicyclic) bond motifs is 1. The van der Waals surface area contributed by atoms with Gasteiger partial charge in [0, 0.05) is 26.2 Å². The predicted octanol–water partition coefficient (Wildman–Crippen LogP) is 2.42. The van der Waals surface area contributed by atoms with Crippen molar-refractivity contribution in [3.63, 3.8) is 0 Å². The molecule has 0 N–H and O–H groups in total. The van der Waals surface area contributed by atoms with Gasteiger partial charge in [0.05, 0.1) is 18.3 Å². The van der Waals surface area contributed by atoms with Gasteiger partial charge in [0.1, 0.15) is 0 Å². The van der Waals surface area contributed by atoms with Gasteiger partial charge >= 0.3 is 0 Å². The Kier molecular flexibility index (Phi) is 4.34. The van der Waals surface area contributed by atoms with Crippen LogP contribution in [0.4, 0.5) is 10.3 Å². The Hall–Kier alpha value is -2.50. The minimum absolute atomic E-state index is 0.0485. The van der Waals surface area contributed by atoms with E-state index in [-0.39, 0.29) is 11.8 Å². The van der Waals surface area contributed by atoms with Crippen molar-refractivity contribution >= 4 is 11.9 Å². The van der Waals surface area contributed by atoms with Crippen LogP contribution in [0.15, 0.2) is 36.7 Å². The molecule has 2 aliphatic rings. The Morgan fingerprint density at radius 3 is 2.68 bits per heavy atom. The number of aromatic nitrogens is 2. The number of benzene rings is 1. The highest BCUT2D eigenvalue weighted by atomic mass is 19.1. The van der Waals surface area contributed by atoms with Gasteiger partial charge < -0.3 is 9.80 Å². The number of nitrogens with zero attached hydrogens (tertiary/aromatic N) is 4. The Bertz CT molecular complexity index is 764. The molecule has 6 heteroatoms. The van der Waals surface area contributed by atoms with Gasteiger partial charge in [-0.25, -0.2) is 14.4 Å². The van der Waals surface area contributed by atoms with Crippen LogP contribution in [0.2, 0.25) is 0 Å². The Labute approximate surface area is 146 Å². The summed E-state index contributed by atoms with van der Waals surface area (Å²) in [7, 11) is 0. The molecule has 1 aromatic carbocycles. The van der Waals surface area contributed by atoms with Crippen LogP contribution in [0.3, 0.4) is 0 Å². The van der Waals surface area contributed by atoms with E-state index in [0.717, 1.165) is 32.4 Å². The van der Waals surface area contributed by atoms with Crippen molar-refractivity contribution in [1.82, 2.24) is 14.9 Å². The fourth-order valence-electron chi connectivity index (χ4n) is 3.77. The van der Waals surface area contributed by atoms with Gasteiger partial charge in [-0.2, -0.15) is 0 Å². The second kappa shape index (κ2) is 6.78. The summed E-state index contributed by atoms with van der Waals surface area (Å²) in [4.78, 5) is 25.1. The molecule has 1 amide bonds. The first-order valence-corrected chi connectivity index (χ1v) is 8.79. The predicted molar refractivity (Wildman–Crippen MR) is 92.5 cm³/mol. The number of piperidine rings is 1. The molecule has 5 nitrogen and oxygen atoms in total. The van der Waals surface area contributed by atoms with Crippen molar-refractivity contribution in [2.24, 2.45) is 5.92 Å². The van der Waals surface area contributed by atoms with Crippen LogP contribution >= 0.6 is 0 Å². The van der Waals surface area contributed by atoms with Crippen LogP contribution in [0.1, 0.15) is 24.0 Å². The number of amides is 1. The number of hydrogen-bond donors (Lipinski definition) is 0. The quantitative estimate of drug-likeness (QED) is 0.842. The second-order valence-corrected chi connectivity index (χ2v) is 6.76. The third kappa shape index (κ3) is 3.34. The molecule has 1 saturated heterocycles. The Morgan fingerprint density at radius 1 is 1.12 bits per heavy atom. The van der Waals surface area contributed by atoms with E-state index in [1.54, 1.807) is 0 Å². The molecule has 2 aromatic rings. The summed E-state index contributed by atoms with van der Waals surface area (Å²) in [6.45, 7) is 2.87. The number of rotatable bonds is 2. The zero-order valence-corrected chi connectivity index (χ0v) is 14.1. The summed E-state index contributed by atoms with van der Waals surface area (Å²) in [5.41, 5.74) is 2.59. The summed E-state index contributed by atoms with van der Waals surface area (Å²) in [5.74, 6) is 0.220. The van der Waals surface area contributed by atoms with Gasteiger partial charge in [-0.05, 0) is 30.4 Å². The van der Waals surface area contributed by atoms with Crippen LogP contribution in [0.5, 0.6) is 0 Å². The normalized spacial score (nSPS) is 20.3. The maximum Gasteiger partial charge on any atom is 0.227 e. The van der Waals surface area contributed by atoms with E-state index in [4.69, 9.17) is 0 Å². The first-order chi connectivity index (χ1) is 12.2. The smallest absolute Gasteiger partial charge is 0.227 e. The van der Waals surface area contributed by atoms with Gasteiger partial charge in [0.15, 0.2) is 5.82 Å². The van der Waals surface area contributed by atoms with Crippen LogP contribution in [0, 0.1) is 11.7 Å². The van der Waals surface area contributed by atoms with E-state index in [1.807, 2.05) is 15.9 Å². The third-order valence-electron chi connectivity index (χ3n) is 5.10. The largest absolute Gasteiger partial charge is 0.340 e. The van der Waals surface area contributed by atoms with Crippen LogP contribution in [0.25, 0.3) is 0 Å². The molecular formula is C19H21FN4O. The topological polar surface area (TPSA) is 49.3 Å². The Morgan fingerprint density at radius 2 is 1.88 bits per heavy atom. The van der Waals surface area contributed by atoms with E-state index in [0.29, 0.717) is 19.0 Å². The molecule has 3 heterocycles. The molecule has 0 saturated carbocycles. The minimum atomic E-state index is -0.444. The monoisotopic (exact) mass is 340 g/mol. The summed E-state index contributed by atoms with van der Waals surface area (Å²) in [6, 6.07) is 8.33. The molecule has 0 bridgehead atoms. The third-order valence-corrected chi connectivity index (χ3v) is 5.10. The van der Waals surface area contributed by atoms with Gasteiger partial charge in [0.25, 0.3) is 0 Å². The van der Waals surface area contributed by atoms with Gasteiger partial charge in [0.2, 0.25) is 11.9 Å². The molecule has 1 atom stereocenters. The highest BCUT2D eigenvalue weighted by molar-refractivity contribution is 5.80. The van der Waals surface area contributed by atoms with E-state index in [1.165, 1.54) is 23.5 Å². The molecule has 0 spiro atoms. The number of hydrogen-bond acceptors (Lipinski definition) is 4. The maximum atomic E-state index is 13.0. The van der Waals surface area contributed by atoms with Gasteiger partial charge in [-0.3, -0.25) is 4.79 Å². The van der Waals surface area contributed by atoms with Crippen LogP contribution in [-0.4, -0.2) is 40.4 Å². The standard InChI is InChI=1S/C19H21FN4O/c20-17-10-21-19(22-11-17)24-8-3-6-16(13-24)18(25)23-9-7-14-4-1-2-5-15(14)12-23/h1-2,4-5,10-11,16H,3,6-9,12-13H2. The number of carbonyl (C=O) groups is 1. The molecule has 2 aliphatic heterocycles. The van der Waals surface area contributed by atoms with E-state index in [9.17, 15) is 9.18 Å². The van der Waals surface area contributed by atoms with E-state index >= 15 is 0 Å². The van der Waals surface area contributed by atoms with E-state index in [2.05, 4.69) is 28.2 Å². The molecule has 0 aliphatic carbocycles. The summed E-state index contributed by atoms with van der Waals surface area (Å²) in [5, 5.41) is 0. The average Bonchev–Trinajstić information content (AvgIpc) is 2.68. The summed E-state index contributed by atoms with van der Waals surface area (Å²) in [6.07, 6.45) is 5.07. The summed E-state index contributed by atoms with van der Waals surface area (Å²) >= 11 is 0. The average molecular weight is 340 g/mol. The first-order valence-electron chi connectivity index (χ1n) is 8.79. The highest BCUT2D eigenvalue weighted by Gasteiger charge is 2.31. The lowest BCUT2D eigenvalue weighted by molar-refractivity contribution is -0.136. The Balaban J connectivity index is 1.44. The molecule has 0 radical (unpaired) electrons. The molecule has 130 valence electrons. The molecule has 1 unspecified atom stereocenters. The first kappa shape index (κ1) is 16.0. The van der Waals surface area contributed by atoms with Crippen molar-refractivity contribution in [3.8, 4) is 0 Å². The van der Waals surface area contributed by atoms with Crippen LogP contribution in [-0.2, 0) is 17.8 Å². The highest BCUT2D eigenvalue weighted by Crippen LogP contribution is 2.25. The lowest BCUT2D eigenvalue weighted by Gasteiger charge is -2.36. The van der Waals surface area contributed by atoms with Crippen molar-refractivity contribution in [3.05, 3.63) is 53.6 Å². The number of anilines is 1. The minimum Gasteiger partial charge on any atom is -0.340 e. The van der Waals surface area contributed by atoms with Gasteiger partial charge in [-0.15, -0.1) is 0 Å². The zero-order chi connectivity index (χ0) is 17.2. The van der Waals surface area contributed by atoms with Crippen molar-refractivity contribution in [2.75, 3.05) is 24.5 Å². The SMILES string of the molecule is O=C(C1CCCN(c2ncc(F)cn2)C1)N1CCc2ccccc2C1. The molecule has 4 rings (SSSR count).